The summed E-state index contributed by atoms with van der Waals surface area (Å²) in [6, 6.07) is 0. The van der Waals surface area contributed by atoms with Gasteiger partial charge in [0.1, 0.15) is 24.0 Å². The molecule has 5 N–H and O–H groups in total. The average molecular weight is 278 g/mol. The molecule has 0 aromatic carbocycles. The van der Waals surface area contributed by atoms with Crippen molar-refractivity contribution in [2.45, 2.75) is 24.5 Å². The normalized spacial score (nSPS) is 30.8. The number of pyridine rings is 1. The zero-order valence-corrected chi connectivity index (χ0v) is 9.53. The molecule has 1 aliphatic rings. The van der Waals surface area contributed by atoms with Crippen molar-refractivity contribution >= 4 is 5.69 Å². The van der Waals surface area contributed by atoms with Crippen molar-refractivity contribution < 1.29 is 28.8 Å². The standard InChI is InChI=1S/C10H12F2N2O5/c11-3-1-14(9(18)5(12)6(3)13)10-8(17)7(16)4(2-15)19-10/h1,4,7-8,10,15-17H,2,13H2/t4-,7-,8-,10-/m1/s1. The molecule has 1 aliphatic heterocycles. The van der Waals surface area contributed by atoms with Gasteiger partial charge < -0.3 is 25.8 Å². The number of ether oxygens (including phenoxy) is 1. The lowest BCUT2D eigenvalue weighted by atomic mass is 10.1. The van der Waals surface area contributed by atoms with Gasteiger partial charge in [-0.25, -0.2) is 4.39 Å². The van der Waals surface area contributed by atoms with Crippen molar-refractivity contribution in [3.63, 3.8) is 0 Å². The van der Waals surface area contributed by atoms with E-state index in [-0.39, 0.29) is 0 Å². The van der Waals surface area contributed by atoms with Crippen LogP contribution in [0.4, 0.5) is 14.5 Å². The molecule has 0 bridgehead atoms. The van der Waals surface area contributed by atoms with Crippen LogP contribution in [0, 0.1) is 11.6 Å². The van der Waals surface area contributed by atoms with Crippen LogP contribution in [0.5, 0.6) is 0 Å². The van der Waals surface area contributed by atoms with E-state index in [1.54, 1.807) is 0 Å². The van der Waals surface area contributed by atoms with E-state index in [0.717, 1.165) is 0 Å². The number of aliphatic hydroxyl groups is 3. The highest BCUT2D eigenvalue weighted by Gasteiger charge is 2.44. The molecule has 2 rings (SSSR count). The highest BCUT2D eigenvalue weighted by atomic mass is 19.1. The van der Waals surface area contributed by atoms with Gasteiger partial charge in [-0.1, -0.05) is 0 Å². The number of aromatic nitrogens is 1. The van der Waals surface area contributed by atoms with E-state index in [1.807, 2.05) is 0 Å². The highest BCUT2D eigenvalue weighted by molar-refractivity contribution is 5.38. The van der Waals surface area contributed by atoms with Gasteiger partial charge in [0, 0.05) is 6.20 Å². The monoisotopic (exact) mass is 278 g/mol. The Balaban J connectivity index is 2.47. The predicted molar refractivity (Wildman–Crippen MR) is 58.0 cm³/mol. The van der Waals surface area contributed by atoms with E-state index < -0.39 is 54.0 Å². The maximum absolute atomic E-state index is 13.4. The van der Waals surface area contributed by atoms with E-state index in [2.05, 4.69) is 0 Å². The molecule has 0 unspecified atom stereocenters. The first-order valence-electron chi connectivity index (χ1n) is 5.36. The van der Waals surface area contributed by atoms with Crippen LogP contribution < -0.4 is 11.3 Å². The molecule has 7 nitrogen and oxygen atoms in total. The lowest BCUT2D eigenvalue weighted by Crippen LogP contribution is -2.36. The van der Waals surface area contributed by atoms with Gasteiger partial charge in [0.15, 0.2) is 12.0 Å². The van der Waals surface area contributed by atoms with Crippen LogP contribution in [-0.4, -0.2) is 44.8 Å². The molecule has 4 atom stereocenters. The zero-order valence-electron chi connectivity index (χ0n) is 9.53. The fourth-order valence-electron chi connectivity index (χ4n) is 1.88. The van der Waals surface area contributed by atoms with E-state index in [0.29, 0.717) is 10.8 Å². The molecule has 1 fully saturated rings. The Labute approximate surface area is 105 Å². The number of rotatable bonds is 2. The molecule has 0 spiro atoms. The van der Waals surface area contributed by atoms with Crippen molar-refractivity contribution in [1.29, 1.82) is 0 Å². The Kier molecular flexibility index (Phi) is 3.54. The third-order valence-corrected chi connectivity index (χ3v) is 2.96. The van der Waals surface area contributed by atoms with Crippen molar-refractivity contribution in [3.8, 4) is 0 Å². The van der Waals surface area contributed by atoms with Crippen LogP contribution in [0.2, 0.25) is 0 Å². The molecule has 1 saturated heterocycles. The van der Waals surface area contributed by atoms with Crippen molar-refractivity contribution in [2.75, 3.05) is 12.3 Å². The number of nitrogens with zero attached hydrogens (tertiary/aromatic N) is 1. The van der Waals surface area contributed by atoms with Crippen molar-refractivity contribution in [3.05, 3.63) is 28.2 Å². The number of hydrogen-bond donors (Lipinski definition) is 4. The second kappa shape index (κ2) is 4.85. The Morgan fingerprint density at radius 1 is 1.37 bits per heavy atom. The van der Waals surface area contributed by atoms with Gasteiger partial charge in [-0.2, -0.15) is 4.39 Å². The zero-order chi connectivity index (χ0) is 14.3. The number of hydrogen-bond acceptors (Lipinski definition) is 6. The third kappa shape index (κ3) is 2.10. The third-order valence-electron chi connectivity index (χ3n) is 2.96. The van der Waals surface area contributed by atoms with Gasteiger partial charge in [0.05, 0.1) is 6.61 Å². The summed E-state index contributed by atoms with van der Waals surface area (Å²) in [6.45, 7) is -0.622. The summed E-state index contributed by atoms with van der Waals surface area (Å²) in [7, 11) is 0. The molecule has 1 aromatic heterocycles. The predicted octanol–water partition coefficient (Wildman–Crippen LogP) is -1.68. The smallest absolute Gasteiger partial charge is 0.291 e. The van der Waals surface area contributed by atoms with Gasteiger partial charge in [0.25, 0.3) is 5.56 Å². The maximum atomic E-state index is 13.4. The molecule has 0 radical (unpaired) electrons. The maximum Gasteiger partial charge on any atom is 0.291 e. The molecule has 0 saturated carbocycles. The molecular formula is C10H12F2N2O5. The summed E-state index contributed by atoms with van der Waals surface area (Å²) in [4.78, 5) is 11.6. The highest BCUT2D eigenvalue weighted by Crippen LogP contribution is 2.28. The minimum atomic E-state index is -1.61. The Hall–Kier alpha value is -1.55. The molecule has 2 heterocycles. The Morgan fingerprint density at radius 3 is 2.53 bits per heavy atom. The lowest BCUT2D eigenvalue weighted by molar-refractivity contribution is -0.0551. The SMILES string of the molecule is Nc1c(F)cn([C@@H]2O[C@H](CO)[C@@H](O)[C@H]2O)c(=O)c1F. The fourth-order valence-corrected chi connectivity index (χ4v) is 1.88. The van der Waals surface area contributed by atoms with Crippen LogP contribution in [0.3, 0.4) is 0 Å². The summed E-state index contributed by atoms with van der Waals surface area (Å²) in [5, 5.41) is 28.1. The van der Waals surface area contributed by atoms with Crippen molar-refractivity contribution in [1.82, 2.24) is 4.57 Å². The molecular weight excluding hydrogens is 266 g/mol. The van der Waals surface area contributed by atoms with Gasteiger partial charge >= 0.3 is 0 Å². The minimum Gasteiger partial charge on any atom is -0.394 e. The average Bonchev–Trinajstić information content (AvgIpc) is 2.68. The van der Waals surface area contributed by atoms with E-state index in [9.17, 15) is 23.8 Å². The number of halogens is 2. The number of nitrogen functional groups attached to an aromatic ring is 1. The van der Waals surface area contributed by atoms with E-state index >= 15 is 0 Å². The van der Waals surface area contributed by atoms with Gasteiger partial charge in [-0.05, 0) is 0 Å². The summed E-state index contributed by atoms with van der Waals surface area (Å²) >= 11 is 0. The summed E-state index contributed by atoms with van der Waals surface area (Å²) < 4.78 is 32.1. The van der Waals surface area contributed by atoms with Gasteiger partial charge in [-0.3, -0.25) is 9.36 Å². The molecule has 0 aliphatic carbocycles. The van der Waals surface area contributed by atoms with Crippen molar-refractivity contribution in [2.24, 2.45) is 0 Å². The topological polar surface area (TPSA) is 118 Å². The Morgan fingerprint density at radius 2 is 2.00 bits per heavy atom. The first kappa shape index (κ1) is 13.9. The fraction of sp³-hybridized carbons (Fsp3) is 0.500. The molecule has 0 amide bonds. The largest absolute Gasteiger partial charge is 0.394 e. The molecule has 9 heteroatoms. The summed E-state index contributed by atoms with van der Waals surface area (Å²) in [5.41, 5.74) is 2.78. The Bertz CT molecular complexity index is 549. The van der Waals surface area contributed by atoms with Crippen LogP contribution in [0.25, 0.3) is 0 Å². The summed E-state index contributed by atoms with van der Waals surface area (Å²) in [5.74, 6) is -2.72. The second-order valence-electron chi connectivity index (χ2n) is 4.15. The van der Waals surface area contributed by atoms with E-state index in [4.69, 9.17) is 15.6 Å². The summed E-state index contributed by atoms with van der Waals surface area (Å²) in [6.07, 6.45) is -5.19. The number of nitrogens with two attached hydrogens (primary N) is 1. The molecule has 106 valence electrons. The first-order valence-corrected chi connectivity index (χ1v) is 5.36. The molecule has 19 heavy (non-hydrogen) atoms. The minimum absolute atomic E-state index is 0.449. The van der Waals surface area contributed by atoms with Crippen LogP contribution in [0.15, 0.2) is 11.0 Å². The number of aliphatic hydroxyl groups excluding tert-OH is 3. The first-order chi connectivity index (χ1) is 8.88. The van der Waals surface area contributed by atoms with Gasteiger partial charge in [-0.15, -0.1) is 0 Å². The van der Waals surface area contributed by atoms with Gasteiger partial charge in [0.2, 0.25) is 5.82 Å². The number of anilines is 1. The molecule has 1 aromatic rings. The van der Waals surface area contributed by atoms with Crippen LogP contribution in [0.1, 0.15) is 6.23 Å². The van der Waals surface area contributed by atoms with Crippen LogP contribution >= 0.6 is 0 Å². The lowest BCUT2D eigenvalue weighted by Gasteiger charge is -2.18. The van der Waals surface area contributed by atoms with Crippen LogP contribution in [-0.2, 0) is 4.74 Å². The van der Waals surface area contributed by atoms with E-state index in [1.165, 1.54) is 0 Å². The quantitative estimate of drug-likeness (QED) is 0.513. The second-order valence-corrected chi connectivity index (χ2v) is 4.15.